The average Bonchev–Trinajstić information content (AvgIpc) is 3.05. The molecule has 1 aliphatic rings. The zero-order valence-electron chi connectivity index (χ0n) is 16.7. The number of nitrogens with zero attached hydrogens (tertiary/aromatic N) is 1. The van der Waals surface area contributed by atoms with Crippen LogP contribution in [0.2, 0.25) is 0 Å². The van der Waals surface area contributed by atoms with Gasteiger partial charge in [-0.05, 0) is 47.5 Å². The number of benzene rings is 3. The lowest BCUT2D eigenvalue weighted by Gasteiger charge is -2.25. The van der Waals surface area contributed by atoms with E-state index < -0.39 is 35.3 Å². The molecule has 1 unspecified atom stereocenters. The van der Waals surface area contributed by atoms with Crippen molar-refractivity contribution in [1.29, 1.82) is 0 Å². The second kappa shape index (κ2) is 8.47. The molecule has 4 rings (SSSR count). The zero-order valence-corrected chi connectivity index (χ0v) is 16.7. The molecule has 2 N–H and O–H groups in total. The molecule has 0 aromatic heterocycles. The van der Waals surface area contributed by atoms with Crippen molar-refractivity contribution < 1.29 is 29.0 Å². The van der Waals surface area contributed by atoms with E-state index in [1.165, 1.54) is 17.0 Å². The molecular formula is C25H18FNO5. The van der Waals surface area contributed by atoms with Crippen molar-refractivity contribution in [2.75, 3.05) is 4.90 Å². The Bertz CT molecular complexity index is 1220. The zero-order chi connectivity index (χ0) is 22.8. The molecular weight excluding hydrogens is 413 g/mol. The Hall–Kier alpha value is -4.26. The first-order valence-corrected chi connectivity index (χ1v) is 9.79. The van der Waals surface area contributed by atoms with E-state index >= 15 is 0 Å². The van der Waals surface area contributed by atoms with Gasteiger partial charge in [0.1, 0.15) is 11.6 Å². The lowest BCUT2D eigenvalue weighted by atomic mass is 9.95. The fraction of sp³-hybridized carbons (Fsp3) is 0.0800. The maximum Gasteiger partial charge on any atom is 0.307 e. The highest BCUT2D eigenvalue weighted by atomic mass is 19.1. The Kier molecular flexibility index (Phi) is 5.55. The molecule has 1 aliphatic heterocycles. The molecule has 0 radical (unpaired) electrons. The van der Waals surface area contributed by atoms with E-state index in [1.807, 2.05) is 0 Å². The van der Waals surface area contributed by atoms with Crippen LogP contribution in [0.5, 0.6) is 0 Å². The van der Waals surface area contributed by atoms with E-state index in [2.05, 4.69) is 0 Å². The summed E-state index contributed by atoms with van der Waals surface area (Å²) in [5, 5.41) is 19.9. The van der Waals surface area contributed by atoms with Gasteiger partial charge in [-0.2, -0.15) is 0 Å². The van der Waals surface area contributed by atoms with Gasteiger partial charge < -0.3 is 10.2 Å². The summed E-state index contributed by atoms with van der Waals surface area (Å²) in [7, 11) is 0. The highest BCUT2D eigenvalue weighted by Crippen LogP contribution is 2.42. The van der Waals surface area contributed by atoms with E-state index in [0.717, 1.165) is 12.1 Å². The fourth-order valence-corrected chi connectivity index (χ4v) is 3.76. The first-order valence-electron chi connectivity index (χ1n) is 9.79. The minimum atomic E-state index is -0.984. The quantitative estimate of drug-likeness (QED) is 0.361. The molecule has 1 saturated heterocycles. The molecule has 0 saturated carbocycles. The van der Waals surface area contributed by atoms with Crippen molar-refractivity contribution in [3.8, 4) is 0 Å². The topological polar surface area (TPSA) is 94.9 Å². The number of ketones is 1. The standard InChI is InChI=1S/C25H18FNO5/c26-18-10-8-17(9-11-18)23(30)21-22(16-4-2-1-3-5-16)27(25(32)24(21)31)19-12-6-15(7-13-19)14-20(28)29/h1-13,22,30H,14H2,(H,28,29)/b23-21+. The van der Waals surface area contributed by atoms with Gasteiger partial charge in [0.05, 0.1) is 18.0 Å². The predicted octanol–water partition coefficient (Wildman–Crippen LogP) is 4.08. The van der Waals surface area contributed by atoms with E-state index in [0.29, 0.717) is 16.8 Å². The predicted molar refractivity (Wildman–Crippen MR) is 115 cm³/mol. The van der Waals surface area contributed by atoms with Crippen LogP contribution in [-0.4, -0.2) is 27.9 Å². The molecule has 32 heavy (non-hydrogen) atoms. The normalized spacial score (nSPS) is 17.5. The number of carbonyl (C=O) groups excluding carboxylic acids is 2. The van der Waals surface area contributed by atoms with Gasteiger partial charge in [0, 0.05) is 11.3 Å². The summed E-state index contributed by atoms with van der Waals surface area (Å²) in [6.07, 6.45) is -0.175. The van der Waals surface area contributed by atoms with Crippen LogP contribution in [0.1, 0.15) is 22.7 Å². The number of amides is 1. The Labute approximate surface area is 182 Å². The Morgan fingerprint density at radius 1 is 0.875 bits per heavy atom. The number of aliphatic hydroxyl groups excluding tert-OH is 1. The van der Waals surface area contributed by atoms with Crippen molar-refractivity contribution in [3.05, 3.63) is 107 Å². The number of carboxylic acid groups (broad SMARTS) is 1. The number of rotatable bonds is 5. The number of Topliss-reactive ketones (excluding diaryl/α,β-unsaturated/α-hetero) is 1. The molecule has 0 spiro atoms. The summed E-state index contributed by atoms with van der Waals surface area (Å²) in [4.78, 5) is 38.3. The fourth-order valence-electron chi connectivity index (χ4n) is 3.76. The monoisotopic (exact) mass is 431 g/mol. The summed E-state index contributed by atoms with van der Waals surface area (Å²) < 4.78 is 13.3. The molecule has 1 fully saturated rings. The molecule has 7 heteroatoms. The number of carbonyl (C=O) groups is 3. The number of anilines is 1. The minimum Gasteiger partial charge on any atom is -0.507 e. The van der Waals surface area contributed by atoms with Crippen LogP contribution < -0.4 is 4.90 Å². The summed E-state index contributed by atoms with van der Waals surface area (Å²) in [5.74, 6) is -3.57. The van der Waals surface area contributed by atoms with Crippen molar-refractivity contribution in [2.45, 2.75) is 12.5 Å². The van der Waals surface area contributed by atoms with Crippen LogP contribution in [0, 0.1) is 5.82 Å². The number of carboxylic acids is 1. The molecule has 3 aromatic rings. The molecule has 0 aliphatic carbocycles. The smallest absolute Gasteiger partial charge is 0.307 e. The number of aliphatic carboxylic acids is 1. The van der Waals surface area contributed by atoms with Crippen molar-refractivity contribution in [2.24, 2.45) is 0 Å². The van der Waals surface area contributed by atoms with Gasteiger partial charge >= 0.3 is 5.97 Å². The summed E-state index contributed by atoms with van der Waals surface area (Å²) in [6, 6.07) is 19.1. The molecule has 0 bridgehead atoms. The van der Waals surface area contributed by atoms with Gasteiger partial charge in [0.2, 0.25) is 0 Å². The number of hydrogen-bond donors (Lipinski definition) is 2. The van der Waals surface area contributed by atoms with Gasteiger partial charge in [-0.15, -0.1) is 0 Å². The Balaban J connectivity index is 1.85. The molecule has 1 amide bonds. The lowest BCUT2D eigenvalue weighted by molar-refractivity contribution is -0.136. The third-order valence-electron chi connectivity index (χ3n) is 5.25. The number of hydrogen-bond acceptors (Lipinski definition) is 4. The second-order valence-corrected chi connectivity index (χ2v) is 7.32. The van der Waals surface area contributed by atoms with E-state index in [4.69, 9.17) is 5.11 Å². The minimum absolute atomic E-state index is 0.109. The van der Waals surface area contributed by atoms with E-state index in [1.54, 1.807) is 54.6 Å². The SMILES string of the molecule is O=C(O)Cc1ccc(N2C(=O)C(=O)/C(=C(/O)c3ccc(F)cc3)C2c2ccccc2)cc1. The van der Waals surface area contributed by atoms with Gasteiger partial charge in [0.15, 0.2) is 0 Å². The maximum atomic E-state index is 13.3. The maximum absolute atomic E-state index is 13.3. The first-order chi connectivity index (χ1) is 15.4. The summed E-state index contributed by atoms with van der Waals surface area (Å²) in [6.45, 7) is 0. The number of halogens is 1. The van der Waals surface area contributed by atoms with Crippen LogP contribution in [0.4, 0.5) is 10.1 Å². The van der Waals surface area contributed by atoms with Crippen LogP contribution in [0.15, 0.2) is 84.4 Å². The molecule has 6 nitrogen and oxygen atoms in total. The average molecular weight is 431 g/mol. The lowest BCUT2D eigenvalue weighted by Crippen LogP contribution is -2.29. The Morgan fingerprint density at radius 3 is 2.09 bits per heavy atom. The second-order valence-electron chi connectivity index (χ2n) is 7.32. The Morgan fingerprint density at radius 2 is 1.50 bits per heavy atom. The largest absolute Gasteiger partial charge is 0.507 e. The summed E-state index contributed by atoms with van der Waals surface area (Å²) >= 11 is 0. The first kappa shape index (κ1) is 21.0. The van der Waals surface area contributed by atoms with Gasteiger partial charge in [-0.25, -0.2) is 4.39 Å². The van der Waals surface area contributed by atoms with Crippen molar-refractivity contribution in [1.82, 2.24) is 0 Å². The van der Waals surface area contributed by atoms with Crippen LogP contribution in [-0.2, 0) is 20.8 Å². The summed E-state index contributed by atoms with van der Waals surface area (Å²) in [5.41, 5.74) is 1.63. The van der Waals surface area contributed by atoms with Crippen molar-refractivity contribution >= 4 is 29.1 Å². The van der Waals surface area contributed by atoms with Crippen molar-refractivity contribution in [3.63, 3.8) is 0 Å². The third kappa shape index (κ3) is 3.88. The van der Waals surface area contributed by atoms with Crippen LogP contribution >= 0.6 is 0 Å². The highest BCUT2D eigenvalue weighted by molar-refractivity contribution is 6.51. The molecule has 3 aromatic carbocycles. The molecule has 160 valence electrons. The van der Waals surface area contributed by atoms with Gasteiger partial charge in [-0.1, -0.05) is 42.5 Å². The third-order valence-corrected chi connectivity index (χ3v) is 5.25. The van der Waals surface area contributed by atoms with Crippen LogP contribution in [0.25, 0.3) is 5.76 Å². The molecule has 1 atom stereocenters. The van der Waals surface area contributed by atoms with E-state index in [9.17, 15) is 23.9 Å². The van der Waals surface area contributed by atoms with Crippen LogP contribution in [0.3, 0.4) is 0 Å². The van der Waals surface area contributed by atoms with Gasteiger partial charge in [-0.3, -0.25) is 19.3 Å². The highest BCUT2D eigenvalue weighted by Gasteiger charge is 2.46. The molecule has 1 heterocycles. The number of aliphatic hydroxyl groups is 1. The van der Waals surface area contributed by atoms with E-state index in [-0.39, 0.29) is 17.6 Å². The van der Waals surface area contributed by atoms with Gasteiger partial charge in [0.25, 0.3) is 11.7 Å².